The smallest absolute Gasteiger partial charge is 0.407 e. The summed E-state index contributed by atoms with van der Waals surface area (Å²) in [5.41, 5.74) is 4.56. The summed E-state index contributed by atoms with van der Waals surface area (Å²) in [6.45, 7) is 3.75. The lowest BCUT2D eigenvalue weighted by Gasteiger charge is -2.21. The zero-order valence-electron chi connectivity index (χ0n) is 19.5. The number of carboxylic acids is 1. The van der Waals surface area contributed by atoms with Gasteiger partial charge in [0.15, 0.2) is 0 Å². The van der Waals surface area contributed by atoms with Crippen LogP contribution in [0.4, 0.5) is 4.79 Å². The van der Waals surface area contributed by atoms with E-state index >= 15 is 0 Å². The quantitative estimate of drug-likeness (QED) is 0.402. The summed E-state index contributed by atoms with van der Waals surface area (Å²) < 4.78 is 5.55. The molecule has 0 heterocycles. The highest BCUT2D eigenvalue weighted by Crippen LogP contribution is 2.44. The van der Waals surface area contributed by atoms with E-state index in [2.05, 4.69) is 34.9 Å². The Labute approximate surface area is 199 Å². The van der Waals surface area contributed by atoms with Gasteiger partial charge >= 0.3 is 12.1 Å². The van der Waals surface area contributed by atoms with Crippen LogP contribution in [-0.2, 0) is 14.3 Å². The average molecular weight is 469 g/mol. The first-order chi connectivity index (χ1) is 16.3. The molecule has 0 spiro atoms. The Hall–Kier alpha value is -3.39. The van der Waals surface area contributed by atoms with E-state index in [4.69, 9.17) is 14.9 Å². The highest BCUT2D eigenvalue weighted by atomic mass is 16.5. The van der Waals surface area contributed by atoms with Crippen molar-refractivity contribution in [2.75, 3.05) is 19.8 Å². The molecule has 0 aliphatic heterocycles. The molecule has 34 heavy (non-hydrogen) atoms. The molecule has 1 unspecified atom stereocenters. The molecule has 1 aliphatic rings. The van der Waals surface area contributed by atoms with Crippen LogP contribution in [0.25, 0.3) is 11.1 Å². The van der Waals surface area contributed by atoms with E-state index < -0.39 is 30.6 Å². The maximum absolute atomic E-state index is 12.5. The van der Waals surface area contributed by atoms with Crippen molar-refractivity contribution in [1.29, 1.82) is 0 Å². The van der Waals surface area contributed by atoms with Crippen molar-refractivity contribution in [2.24, 2.45) is 11.8 Å². The second kappa shape index (κ2) is 11.7. The molecule has 8 heteroatoms. The third-order valence-electron chi connectivity index (χ3n) is 5.97. The number of aliphatic carboxylic acids is 1. The fourth-order valence-electron chi connectivity index (χ4n) is 4.48. The number of carboxylic acid groups (broad SMARTS) is 1. The second-order valence-electron chi connectivity index (χ2n) is 9.05. The van der Waals surface area contributed by atoms with Crippen LogP contribution in [0.5, 0.6) is 0 Å². The number of aliphatic hydroxyl groups is 1. The Morgan fingerprint density at radius 2 is 1.59 bits per heavy atom. The molecule has 2 aromatic rings. The zero-order chi connectivity index (χ0) is 24.7. The first-order valence-corrected chi connectivity index (χ1v) is 11.5. The van der Waals surface area contributed by atoms with E-state index in [0.29, 0.717) is 6.42 Å². The van der Waals surface area contributed by atoms with E-state index in [1.165, 1.54) is 0 Å². The van der Waals surface area contributed by atoms with Crippen molar-refractivity contribution in [3.8, 4) is 11.1 Å². The number of fused-ring (bicyclic) bond motifs is 3. The lowest BCUT2D eigenvalue weighted by atomic mass is 9.93. The van der Waals surface area contributed by atoms with Crippen LogP contribution in [0.1, 0.15) is 43.7 Å². The van der Waals surface area contributed by atoms with Gasteiger partial charge in [-0.2, -0.15) is 0 Å². The van der Waals surface area contributed by atoms with Crippen molar-refractivity contribution < 1.29 is 29.3 Å². The molecule has 1 aliphatic carbocycles. The SMILES string of the molecule is CC(C)C[C@H](CNC(=O)OCC1c2ccccc2-c2ccccc21)CC(=O)NC(CO)C(=O)O. The molecular formula is C26H32N2O6. The van der Waals surface area contributed by atoms with Gasteiger partial charge in [-0.25, -0.2) is 9.59 Å². The maximum atomic E-state index is 12.5. The molecule has 0 saturated heterocycles. The fraction of sp³-hybridized carbons (Fsp3) is 0.423. The third-order valence-corrected chi connectivity index (χ3v) is 5.97. The molecule has 0 radical (unpaired) electrons. The summed E-state index contributed by atoms with van der Waals surface area (Å²) in [4.78, 5) is 35.8. The Kier molecular flexibility index (Phi) is 8.65. The topological polar surface area (TPSA) is 125 Å². The van der Waals surface area contributed by atoms with Crippen LogP contribution in [-0.4, -0.2) is 54.0 Å². The highest BCUT2D eigenvalue weighted by Gasteiger charge is 2.29. The molecular weight excluding hydrogens is 436 g/mol. The minimum atomic E-state index is -1.35. The van der Waals surface area contributed by atoms with Gasteiger partial charge in [0, 0.05) is 18.9 Å². The van der Waals surface area contributed by atoms with E-state index in [1.54, 1.807) is 0 Å². The molecule has 4 N–H and O–H groups in total. The standard InChI is InChI=1S/C26H32N2O6/c1-16(2)11-17(12-24(30)28-23(14-29)25(31)32)13-27-26(33)34-15-22-20-9-5-3-7-18(20)19-8-4-6-10-21(19)22/h3-10,16-17,22-23,29H,11-15H2,1-2H3,(H,27,33)(H,28,30)(H,31,32)/t17-,23?/m0/s1. The number of hydrogen-bond acceptors (Lipinski definition) is 5. The molecule has 0 bridgehead atoms. The van der Waals surface area contributed by atoms with Crippen molar-refractivity contribution >= 4 is 18.0 Å². The van der Waals surface area contributed by atoms with Crippen LogP contribution in [0.15, 0.2) is 48.5 Å². The predicted octanol–water partition coefficient (Wildman–Crippen LogP) is 3.14. The number of nitrogens with one attached hydrogen (secondary N) is 2. The molecule has 2 aromatic carbocycles. The minimum absolute atomic E-state index is 0.0333. The number of carbonyl (C=O) groups excluding carboxylic acids is 2. The van der Waals surface area contributed by atoms with Gasteiger partial charge in [-0.1, -0.05) is 62.4 Å². The number of amides is 2. The Morgan fingerprint density at radius 3 is 2.12 bits per heavy atom. The number of aliphatic hydroxyl groups excluding tert-OH is 1. The van der Waals surface area contributed by atoms with Crippen molar-refractivity contribution in [3.05, 3.63) is 59.7 Å². The zero-order valence-corrected chi connectivity index (χ0v) is 19.5. The first-order valence-electron chi connectivity index (χ1n) is 11.5. The van der Waals surface area contributed by atoms with Crippen LogP contribution in [0.3, 0.4) is 0 Å². The average Bonchev–Trinajstić information content (AvgIpc) is 3.13. The fourth-order valence-corrected chi connectivity index (χ4v) is 4.48. The molecule has 3 rings (SSSR count). The lowest BCUT2D eigenvalue weighted by Crippen LogP contribution is -2.44. The van der Waals surface area contributed by atoms with Gasteiger partial charge < -0.3 is 25.6 Å². The Balaban J connectivity index is 1.55. The number of rotatable bonds is 11. The van der Waals surface area contributed by atoms with E-state index in [-0.39, 0.29) is 37.3 Å². The van der Waals surface area contributed by atoms with E-state index in [9.17, 15) is 14.4 Å². The van der Waals surface area contributed by atoms with Crippen molar-refractivity contribution in [3.63, 3.8) is 0 Å². The van der Waals surface area contributed by atoms with E-state index in [1.807, 2.05) is 38.1 Å². The largest absolute Gasteiger partial charge is 0.480 e. The van der Waals surface area contributed by atoms with Gasteiger partial charge in [-0.05, 0) is 40.5 Å². The summed E-state index contributed by atoms with van der Waals surface area (Å²) in [7, 11) is 0. The lowest BCUT2D eigenvalue weighted by molar-refractivity contribution is -0.143. The molecule has 2 atom stereocenters. The number of hydrogen-bond donors (Lipinski definition) is 4. The van der Waals surface area contributed by atoms with Gasteiger partial charge in [0.1, 0.15) is 12.6 Å². The van der Waals surface area contributed by atoms with Gasteiger partial charge in [-0.3, -0.25) is 4.79 Å². The minimum Gasteiger partial charge on any atom is -0.480 e. The number of alkyl carbamates (subject to hydrolysis) is 1. The summed E-state index contributed by atoms with van der Waals surface area (Å²) in [6, 6.07) is 14.8. The molecule has 8 nitrogen and oxygen atoms in total. The number of ether oxygens (including phenoxy) is 1. The number of carbonyl (C=O) groups is 3. The van der Waals surface area contributed by atoms with Crippen LogP contribution in [0.2, 0.25) is 0 Å². The van der Waals surface area contributed by atoms with Gasteiger partial charge in [0.2, 0.25) is 5.91 Å². The van der Waals surface area contributed by atoms with E-state index in [0.717, 1.165) is 22.3 Å². The molecule has 0 fully saturated rings. The maximum Gasteiger partial charge on any atom is 0.407 e. The van der Waals surface area contributed by atoms with Crippen LogP contribution in [0, 0.1) is 11.8 Å². The molecule has 182 valence electrons. The summed E-state index contributed by atoms with van der Waals surface area (Å²) >= 11 is 0. The van der Waals surface area contributed by atoms with Gasteiger partial charge in [0.05, 0.1) is 6.61 Å². The molecule has 0 aromatic heterocycles. The Bertz CT molecular complexity index is 976. The van der Waals surface area contributed by atoms with Crippen molar-refractivity contribution in [2.45, 2.75) is 38.6 Å². The third kappa shape index (κ3) is 6.35. The summed E-state index contributed by atoms with van der Waals surface area (Å²) in [6.07, 6.45) is 0.134. The van der Waals surface area contributed by atoms with Crippen LogP contribution < -0.4 is 10.6 Å². The van der Waals surface area contributed by atoms with Gasteiger partial charge in [-0.15, -0.1) is 0 Å². The molecule has 2 amide bonds. The second-order valence-corrected chi connectivity index (χ2v) is 9.05. The summed E-state index contributed by atoms with van der Waals surface area (Å²) in [5, 5.41) is 23.2. The predicted molar refractivity (Wildman–Crippen MR) is 127 cm³/mol. The normalized spacial score (nSPS) is 14.1. The monoisotopic (exact) mass is 468 g/mol. The van der Waals surface area contributed by atoms with Crippen LogP contribution >= 0.6 is 0 Å². The number of benzene rings is 2. The Morgan fingerprint density at radius 1 is 1.00 bits per heavy atom. The molecule has 0 saturated carbocycles. The summed E-state index contributed by atoms with van der Waals surface area (Å²) in [5.74, 6) is -1.75. The van der Waals surface area contributed by atoms with Crippen molar-refractivity contribution in [1.82, 2.24) is 10.6 Å². The first kappa shape index (κ1) is 25.2. The highest BCUT2D eigenvalue weighted by molar-refractivity contribution is 5.83. The van der Waals surface area contributed by atoms with Gasteiger partial charge in [0.25, 0.3) is 0 Å².